The van der Waals surface area contributed by atoms with Gasteiger partial charge in [0.25, 0.3) is 0 Å². The molecule has 0 saturated heterocycles. The summed E-state index contributed by atoms with van der Waals surface area (Å²) in [6, 6.07) is 7.55. The van der Waals surface area contributed by atoms with Gasteiger partial charge in [0.05, 0.1) is 12.4 Å². The molecule has 0 bridgehead atoms. The third kappa shape index (κ3) is 2.84. The number of nitrogens with zero attached hydrogens (tertiary/aromatic N) is 2. The molecule has 17 heavy (non-hydrogen) atoms. The number of fused-ring (bicyclic) bond motifs is 1. The Morgan fingerprint density at radius 3 is 2.47 bits per heavy atom. The normalized spacial score (nSPS) is 10.9. The molecule has 90 valence electrons. The summed E-state index contributed by atoms with van der Waals surface area (Å²) >= 11 is 0. The average molecular weight is 232 g/mol. The number of benzene rings is 1. The second kappa shape index (κ2) is 6.32. The first-order chi connectivity index (χ1) is 8.35. The summed E-state index contributed by atoms with van der Waals surface area (Å²) in [5.74, 6) is 10.7. The van der Waals surface area contributed by atoms with Crippen molar-refractivity contribution in [3.8, 4) is 0 Å². The van der Waals surface area contributed by atoms with Crippen molar-refractivity contribution in [3.05, 3.63) is 35.6 Å². The zero-order chi connectivity index (χ0) is 12.7. The van der Waals surface area contributed by atoms with Crippen molar-refractivity contribution in [1.82, 2.24) is 0 Å². The highest BCUT2D eigenvalue weighted by molar-refractivity contribution is 5.98. The molecule has 1 heterocycles. The highest BCUT2D eigenvalue weighted by Gasteiger charge is 2.05. The molecule has 0 saturated carbocycles. The van der Waals surface area contributed by atoms with E-state index in [-0.39, 0.29) is 0 Å². The van der Waals surface area contributed by atoms with Gasteiger partial charge < -0.3 is 16.1 Å². The van der Waals surface area contributed by atoms with Crippen molar-refractivity contribution in [3.63, 3.8) is 0 Å². The van der Waals surface area contributed by atoms with Gasteiger partial charge in [-0.25, -0.2) is 0 Å². The molecule has 0 unspecified atom stereocenters. The third-order valence-electron chi connectivity index (χ3n) is 2.01. The van der Waals surface area contributed by atoms with Gasteiger partial charge in [-0.05, 0) is 12.1 Å². The van der Waals surface area contributed by atoms with E-state index in [0.717, 1.165) is 16.5 Å². The Labute approximate surface area is 99.8 Å². The molecule has 0 aliphatic heterocycles. The predicted molar refractivity (Wildman–Crippen MR) is 71.1 cm³/mol. The predicted octanol–water partition coefficient (Wildman–Crippen LogP) is 2.04. The van der Waals surface area contributed by atoms with Crippen molar-refractivity contribution in [1.29, 1.82) is 0 Å². The van der Waals surface area contributed by atoms with Gasteiger partial charge in [-0.1, -0.05) is 26.0 Å². The van der Waals surface area contributed by atoms with Crippen LogP contribution in [0.4, 0.5) is 0 Å². The Balaban J connectivity index is 0.000000686. The van der Waals surface area contributed by atoms with Gasteiger partial charge in [-0.3, -0.25) is 0 Å². The Kier molecular flexibility index (Phi) is 4.75. The van der Waals surface area contributed by atoms with Crippen LogP contribution in [0.25, 0.3) is 11.0 Å². The molecule has 1 aromatic heterocycles. The number of para-hydroxylation sites is 1. The molecule has 5 heteroatoms. The van der Waals surface area contributed by atoms with E-state index >= 15 is 0 Å². The second-order valence-electron chi connectivity index (χ2n) is 2.97. The molecule has 0 aliphatic rings. The largest absolute Gasteiger partial charge is 0.454 e. The lowest BCUT2D eigenvalue weighted by atomic mass is 10.2. The van der Waals surface area contributed by atoms with E-state index in [0.29, 0.717) is 5.76 Å². The fourth-order valence-electron chi connectivity index (χ4n) is 1.42. The molecular weight excluding hydrogens is 216 g/mol. The smallest absolute Gasteiger partial charge is 0.148 e. The highest BCUT2D eigenvalue weighted by Crippen LogP contribution is 2.21. The van der Waals surface area contributed by atoms with Crippen LogP contribution in [0, 0.1) is 0 Å². The number of hydrogen-bond donors (Lipinski definition) is 2. The van der Waals surface area contributed by atoms with Crippen LogP contribution in [0.15, 0.2) is 38.9 Å². The second-order valence-corrected chi connectivity index (χ2v) is 2.97. The van der Waals surface area contributed by atoms with Crippen LogP contribution in [0.3, 0.4) is 0 Å². The van der Waals surface area contributed by atoms with E-state index in [1.165, 1.54) is 12.4 Å². The number of furan rings is 1. The van der Waals surface area contributed by atoms with Crippen LogP contribution < -0.4 is 11.7 Å². The van der Waals surface area contributed by atoms with Gasteiger partial charge in [0.2, 0.25) is 0 Å². The zero-order valence-electron chi connectivity index (χ0n) is 9.92. The molecule has 1 aromatic carbocycles. The number of rotatable bonds is 2. The van der Waals surface area contributed by atoms with E-state index in [2.05, 4.69) is 10.2 Å². The Morgan fingerprint density at radius 2 is 1.82 bits per heavy atom. The molecule has 2 rings (SSSR count). The van der Waals surface area contributed by atoms with E-state index in [1.807, 2.05) is 38.1 Å². The van der Waals surface area contributed by atoms with Crippen molar-refractivity contribution >= 4 is 23.4 Å². The highest BCUT2D eigenvalue weighted by atomic mass is 16.3. The molecule has 0 aliphatic carbocycles. The van der Waals surface area contributed by atoms with Crippen molar-refractivity contribution in [2.75, 3.05) is 0 Å². The Bertz CT molecular complexity index is 528. The quantitative estimate of drug-likeness (QED) is 0.471. The third-order valence-corrected chi connectivity index (χ3v) is 2.01. The van der Waals surface area contributed by atoms with E-state index in [1.54, 1.807) is 0 Å². The Hall–Kier alpha value is -2.30. The average Bonchev–Trinajstić information content (AvgIpc) is 2.76. The maximum Gasteiger partial charge on any atom is 0.148 e. The minimum Gasteiger partial charge on any atom is -0.454 e. The number of hydrogen-bond acceptors (Lipinski definition) is 5. The maximum absolute atomic E-state index is 5.52. The minimum absolute atomic E-state index is 0.602. The van der Waals surface area contributed by atoms with Crippen LogP contribution >= 0.6 is 0 Å². The lowest BCUT2D eigenvalue weighted by Crippen LogP contribution is -1.86. The summed E-state index contributed by atoms with van der Waals surface area (Å²) in [7, 11) is 0. The summed E-state index contributed by atoms with van der Waals surface area (Å²) in [6.45, 7) is 4.00. The molecule has 0 radical (unpaired) electrons. The topological polar surface area (TPSA) is 89.9 Å². The van der Waals surface area contributed by atoms with Gasteiger partial charge in [0, 0.05) is 10.9 Å². The standard InChI is InChI=1S/C10H10N4O.C2H6/c11-13-5-8-3-1-2-7-4-9(6-14-12)15-10(7)8;1-2/h1-6H,11-12H2;1-2H3/b13-5+,14-6-;. The van der Waals surface area contributed by atoms with Crippen LogP contribution in [0.1, 0.15) is 25.2 Å². The van der Waals surface area contributed by atoms with E-state index in [9.17, 15) is 0 Å². The minimum atomic E-state index is 0.602. The first kappa shape index (κ1) is 12.8. The van der Waals surface area contributed by atoms with Crippen LogP contribution in [0.2, 0.25) is 0 Å². The summed E-state index contributed by atoms with van der Waals surface area (Å²) in [4.78, 5) is 0. The van der Waals surface area contributed by atoms with Gasteiger partial charge in [-0.2, -0.15) is 10.2 Å². The fourth-order valence-corrected chi connectivity index (χ4v) is 1.42. The zero-order valence-corrected chi connectivity index (χ0v) is 9.92. The van der Waals surface area contributed by atoms with Crippen molar-refractivity contribution in [2.24, 2.45) is 21.9 Å². The molecular formula is C12H16N4O. The first-order valence-corrected chi connectivity index (χ1v) is 5.34. The summed E-state index contributed by atoms with van der Waals surface area (Å²) in [5.41, 5.74) is 1.55. The summed E-state index contributed by atoms with van der Waals surface area (Å²) < 4.78 is 5.52. The molecule has 0 fully saturated rings. The van der Waals surface area contributed by atoms with Crippen molar-refractivity contribution in [2.45, 2.75) is 13.8 Å². The van der Waals surface area contributed by atoms with Gasteiger partial charge >= 0.3 is 0 Å². The van der Waals surface area contributed by atoms with E-state index < -0.39 is 0 Å². The van der Waals surface area contributed by atoms with Gasteiger partial charge in [0.1, 0.15) is 11.3 Å². The summed E-state index contributed by atoms with van der Waals surface area (Å²) in [5, 5.41) is 7.83. The first-order valence-electron chi connectivity index (χ1n) is 5.34. The lowest BCUT2D eigenvalue weighted by Gasteiger charge is -1.92. The lowest BCUT2D eigenvalue weighted by molar-refractivity contribution is 0.607. The summed E-state index contributed by atoms with van der Waals surface area (Å²) in [6.07, 6.45) is 2.98. The van der Waals surface area contributed by atoms with Gasteiger partial charge in [-0.15, -0.1) is 0 Å². The molecule has 2 aromatic rings. The monoisotopic (exact) mass is 232 g/mol. The molecule has 0 amide bonds. The maximum atomic E-state index is 5.52. The van der Waals surface area contributed by atoms with Crippen LogP contribution in [0.5, 0.6) is 0 Å². The molecule has 5 nitrogen and oxygen atoms in total. The fraction of sp³-hybridized carbons (Fsp3) is 0.167. The van der Waals surface area contributed by atoms with Crippen LogP contribution in [-0.2, 0) is 0 Å². The molecule has 0 atom stereocenters. The number of nitrogens with two attached hydrogens (primary N) is 2. The molecule has 4 N–H and O–H groups in total. The SMILES string of the molecule is CC.N/N=C\c1cc2cccc(/C=N/N)c2o1. The van der Waals surface area contributed by atoms with E-state index in [4.69, 9.17) is 16.1 Å². The molecule has 0 spiro atoms. The van der Waals surface area contributed by atoms with Crippen LogP contribution in [-0.4, -0.2) is 12.4 Å². The Morgan fingerprint density at radius 1 is 1.12 bits per heavy atom. The van der Waals surface area contributed by atoms with Crippen molar-refractivity contribution < 1.29 is 4.42 Å². The number of hydrazone groups is 2. The van der Waals surface area contributed by atoms with Gasteiger partial charge in [0.15, 0.2) is 0 Å².